The second-order valence-corrected chi connectivity index (χ2v) is 7.93. The van der Waals surface area contributed by atoms with Gasteiger partial charge in [0.25, 0.3) is 5.91 Å². The van der Waals surface area contributed by atoms with Gasteiger partial charge in [-0.25, -0.2) is 8.42 Å². The lowest BCUT2D eigenvalue weighted by atomic mass is 10.1. The topological polar surface area (TPSA) is 66.5 Å². The molecule has 0 heterocycles. The van der Waals surface area contributed by atoms with Gasteiger partial charge in [-0.3, -0.25) is 4.79 Å². The summed E-state index contributed by atoms with van der Waals surface area (Å²) in [6.07, 6.45) is 4.28. The van der Waals surface area contributed by atoms with Gasteiger partial charge in [-0.05, 0) is 37.5 Å². The second-order valence-electron chi connectivity index (χ2n) is 6.02. The van der Waals surface area contributed by atoms with Gasteiger partial charge in [-0.2, -0.15) is 4.31 Å². The van der Waals surface area contributed by atoms with Crippen LogP contribution >= 0.6 is 0 Å². The summed E-state index contributed by atoms with van der Waals surface area (Å²) in [5.74, 6) is -0.187. The van der Waals surface area contributed by atoms with Gasteiger partial charge >= 0.3 is 0 Å². The number of aryl methyl sites for hydroxylation is 1. The Balaban J connectivity index is 2.29. The first kappa shape index (κ1) is 17.9. The molecule has 1 fully saturated rings. The molecule has 0 radical (unpaired) electrons. The second kappa shape index (κ2) is 7.45. The van der Waals surface area contributed by atoms with Gasteiger partial charge in [0, 0.05) is 24.7 Å². The quantitative estimate of drug-likeness (QED) is 0.867. The van der Waals surface area contributed by atoms with E-state index in [1.165, 1.54) is 10.4 Å². The lowest BCUT2D eigenvalue weighted by molar-refractivity contribution is 0.0937. The van der Waals surface area contributed by atoms with E-state index in [4.69, 9.17) is 0 Å². The molecule has 0 unspecified atom stereocenters. The molecular formula is C17H26N2O3S. The molecule has 0 aromatic heterocycles. The fourth-order valence-corrected chi connectivity index (χ4v) is 4.77. The molecule has 1 N–H and O–H groups in total. The third-order valence-electron chi connectivity index (χ3n) is 4.46. The Morgan fingerprint density at radius 3 is 2.39 bits per heavy atom. The number of nitrogens with one attached hydrogen (secondary N) is 1. The van der Waals surface area contributed by atoms with Gasteiger partial charge < -0.3 is 5.32 Å². The van der Waals surface area contributed by atoms with Gasteiger partial charge in [0.05, 0.1) is 4.90 Å². The number of hydrogen-bond acceptors (Lipinski definition) is 3. The molecule has 0 bridgehead atoms. The van der Waals surface area contributed by atoms with Crippen molar-refractivity contribution in [2.45, 2.75) is 57.4 Å². The van der Waals surface area contributed by atoms with Crippen molar-refractivity contribution in [2.24, 2.45) is 0 Å². The monoisotopic (exact) mass is 338 g/mol. The molecule has 5 nitrogen and oxygen atoms in total. The number of nitrogens with zero attached hydrogens (tertiary/aromatic N) is 1. The summed E-state index contributed by atoms with van der Waals surface area (Å²) in [7, 11) is -3.56. The smallest absolute Gasteiger partial charge is 0.251 e. The highest BCUT2D eigenvalue weighted by Gasteiger charge is 2.25. The SMILES string of the molecule is CCN(CC)S(=O)(=O)c1cc(C(=O)NC2CCCC2)ccc1C. The van der Waals surface area contributed by atoms with Crippen LogP contribution < -0.4 is 5.32 Å². The van der Waals surface area contributed by atoms with E-state index in [1.807, 2.05) is 13.8 Å². The van der Waals surface area contributed by atoms with Crippen LogP contribution in [0.25, 0.3) is 0 Å². The molecule has 6 heteroatoms. The highest BCUT2D eigenvalue weighted by molar-refractivity contribution is 7.89. The van der Waals surface area contributed by atoms with E-state index in [2.05, 4.69) is 5.32 Å². The van der Waals surface area contributed by atoms with Crippen molar-refractivity contribution in [3.8, 4) is 0 Å². The predicted molar refractivity (Wildman–Crippen MR) is 91.0 cm³/mol. The number of amides is 1. The minimum atomic E-state index is -3.56. The standard InChI is InChI=1S/C17H26N2O3S/c1-4-19(5-2)23(21,22)16-12-14(11-10-13(16)3)17(20)18-15-8-6-7-9-15/h10-12,15H,4-9H2,1-3H3,(H,18,20). The maximum Gasteiger partial charge on any atom is 0.251 e. The van der Waals surface area contributed by atoms with E-state index in [0.29, 0.717) is 24.2 Å². The zero-order chi connectivity index (χ0) is 17.0. The Bertz CT molecular complexity index is 660. The van der Waals surface area contributed by atoms with Gasteiger partial charge in [-0.15, -0.1) is 0 Å². The Labute approximate surface area is 139 Å². The maximum absolute atomic E-state index is 12.7. The largest absolute Gasteiger partial charge is 0.349 e. The number of sulfonamides is 1. The van der Waals surface area contributed by atoms with E-state index in [-0.39, 0.29) is 16.8 Å². The molecule has 23 heavy (non-hydrogen) atoms. The Morgan fingerprint density at radius 2 is 1.83 bits per heavy atom. The molecule has 1 amide bonds. The third-order valence-corrected chi connectivity index (χ3v) is 6.66. The van der Waals surface area contributed by atoms with Crippen LogP contribution in [-0.4, -0.2) is 37.8 Å². The van der Waals surface area contributed by atoms with Crippen LogP contribution in [0, 0.1) is 6.92 Å². The van der Waals surface area contributed by atoms with Crippen molar-refractivity contribution in [2.75, 3.05) is 13.1 Å². The van der Waals surface area contributed by atoms with Gasteiger partial charge in [0.15, 0.2) is 0 Å². The van der Waals surface area contributed by atoms with Crippen LogP contribution in [-0.2, 0) is 10.0 Å². The molecular weight excluding hydrogens is 312 g/mol. The lowest BCUT2D eigenvalue weighted by Gasteiger charge is -2.20. The van der Waals surface area contributed by atoms with E-state index < -0.39 is 10.0 Å². The summed E-state index contributed by atoms with van der Waals surface area (Å²) >= 11 is 0. The van der Waals surface area contributed by atoms with Crippen LogP contribution in [0.4, 0.5) is 0 Å². The molecule has 0 aliphatic heterocycles. The first-order valence-electron chi connectivity index (χ1n) is 8.31. The number of benzene rings is 1. The minimum Gasteiger partial charge on any atom is -0.349 e. The Morgan fingerprint density at radius 1 is 1.22 bits per heavy atom. The highest BCUT2D eigenvalue weighted by Crippen LogP contribution is 2.22. The number of carbonyl (C=O) groups excluding carboxylic acids is 1. The Hall–Kier alpha value is -1.40. The Kier molecular flexibility index (Phi) is 5.81. The zero-order valence-electron chi connectivity index (χ0n) is 14.1. The van der Waals surface area contributed by atoms with Crippen LogP contribution in [0.2, 0.25) is 0 Å². The van der Waals surface area contributed by atoms with Gasteiger partial charge in [-0.1, -0.05) is 32.8 Å². The summed E-state index contributed by atoms with van der Waals surface area (Å²) in [6.45, 7) is 6.21. The molecule has 128 valence electrons. The van der Waals surface area contributed by atoms with Crippen LogP contribution in [0.3, 0.4) is 0 Å². The summed E-state index contributed by atoms with van der Waals surface area (Å²) in [6, 6.07) is 5.13. The fourth-order valence-electron chi connectivity index (χ4n) is 3.06. The molecule has 2 rings (SSSR count). The summed E-state index contributed by atoms with van der Waals surface area (Å²) < 4.78 is 26.9. The number of carbonyl (C=O) groups is 1. The number of hydrogen-bond donors (Lipinski definition) is 1. The molecule has 1 aliphatic rings. The molecule has 1 aromatic carbocycles. The van der Waals surface area contributed by atoms with E-state index in [1.54, 1.807) is 19.1 Å². The minimum absolute atomic E-state index is 0.187. The zero-order valence-corrected chi connectivity index (χ0v) is 14.9. The molecule has 0 spiro atoms. The molecule has 1 aliphatic carbocycles. The summed E-state index contributed by atoms with van der Waals surface area (Å²) in [4.78, 5) is 12.6. The van der Waals surface area contributed by atoms with Crippen molar-refractivity contribution in [3.05, 3.63) is 29.3 Å². The average molecular weight is 338 g/mol. The van der Waals surface area contributed by atoms with Crippen LogP contribution in [0.15, 0.2) is 23.1 Å². The van der Waals surface area contributed by atoms with Gasteiger partial charge in [0.1, 0.15) is 0 Å². The van der Waals surface area contributed by atoms with Crippen molar-refractivity contribution in [3.63, 3.8) is 0 Å². The number of rotatable bonds is 6. The average Bonchev–Trinajstić information content (AvgIpc) is 3.01. The summed E-state index contributed by atoms with van der Waals surface area (Å²) in [5.41, 5.74) is 1.07. The van der Waals surface area contributed by atoms with E-state index in [9.17, 15) is 13.2 Å². The van der Waals surface area contributed by atoms with E-state index in [0.717, 1.165) is 25.7 Å². The fraction of sp³-hybridized carbons (Fsp3) is 0.588. The van der Waals surface area contributed by atoms with E-state index >= 15 is 0 Å². The van der Waals surface area contributed by atoms with Crippen LogP contribution in [0.1, 0.15) is 55.5 Å². The maximum atomic E-state index is 12.7. The molecule has 0 atom stereocenters. The van der Waals surface area contributed by atoms with Crippen molar-refractivity contribution in [1.82, 2.24) is 9.62 Å². The van der Waals surface area contributed by atoms with Crippen molar-refractivity contribution in [1.29, 1.82) is 0 Å². The van der Waals surface area contributed by atoms with Crippen molar-refractivity contribution >= 4 is 15.9 Å². The lowest BCUT2D eigenvalue weighted by Crippen LogP contribution is -2.33. The first-order valence-corrected chi connectivity index (χ1v) is 9.75. The van der Waals surface area contributed by atoms with Crippen molar-refractivity contribution < 1.29 is 13.2 Å². The molecule has 1 aromatic rings. The summed E-state index contributed by atoms with van der Waals surface area (Å²) in [5, 5.41) is 3.00. The highest BCUT2D eigenvalue weighted by atomic mass is 32.2. The predicted octanol–water partition coefficient (Wildman–Crippen LogP) is 2.70. The molecule has 0 saturated heterocycles. The van der Waals surface area contributed by atoms with Gasteiger partial charge in [0.2, 0.25) is 10.0 Å². The normalized spacial score (nSPS) is 16.0. The van der Waals surface area contributed by atoms with Crippen LogP contribution in [0.5, 0.6) is 0 Å². The third kappa shape index (κ3) is 3.93. The molecule has 1 saturated carbocycles. The first-order chi connectivity index (χ1) is 10.9.